The zero-order valence-electron chi connectivity index (χ0n) is 14.1. The molecule has 0 aromatic carbocycles. The van der Waals surface area contributed by atoms with Crippen molar-refractivity contribution >= 4 is 0 Å². The molecule has 4 unspecified atom stereocenters. The van der Waals surface area contributed by atoms with Gasteiger partial charge in [-0.05, 0) is 57.3 Å². The third kappa shape index (κ3) is 8.76. The van der Waals surface area contributed by atoms with Gasteiger partial charge in [-0.2, -0.15) is 0 Å². The predicted molar refractivity (Wildman–Crippen MR) is 89.3 cm³/mol. The van der Waals surface area contributed by atoms with Crippen molar-refractivity contribution in [1.82, 2.24) is 15.5 Å². The summed E-state index contributed by atoms with van der Waals surface area (Å²) in [6.45, 7) is 4.03. The Kier molecular flexibility index (Phi) is 10.6. The Labute approximate surface area is 139 Å². The van der Waals surface area contributed by atoms with Gasteiger partial charge in [-0.1, -0.05) is 13.3 Å². The van der Waals surface area contributed by atoms with Gasteiger partial charge < -0.3 is 20.4 Å². The van der Waals surface area contributed by atoms with Gasteiger partial charge in [0.1, 0.15) is 24.9 Å². The average molecular weight is 331 g/mol. The van der Waals surface area contributed by atoms with Gasteiger partial charge in [-0.3, -0.25) is 10.6 Å². The summed E-state index contributed by atoms with van der Waals surface area (Å²) < 4.78 is 0. The van der Waals surface area contributed by atoms with Gasteiger partial charge in [-0.15, -0.1) is 0 Å². The molecule has 1 aliphatic heterocycles. The van der Waals surface area contributed by atoms with Crippen LogP contribution in [0.25, 0.3) is 0 Å². The minimum absolute atomic E-state index is 0.413. The maximum atomic E-state index is 9.85. The summed E-state index contributed by atoms with van der Waals surface area (Å²) in [7, 11) is 0. The van der Waals surface area contributed by atoms with E-state index in [1.54, 1.807) is 17.1 Å². The number of nitrogens with zero attached hydrogens (tertiary/aromatic N) is 1. The summed E-state index contributed by atoms with van der Waals surface area (Å²) in [4.78, 5) is 1.57. The molecule has 4 atom stereocenters. The molecule has 7 heteroatoms. The van der Waals surface area contributed by atoms with Crippen LogP contribution in [0, 0.1) is 0 Å². The number of unbranched alkanes of at least 4 members (excludes halogenated alkanes) is 2. The minimum Gasteiger partial charge on any atom is -0.379 e. The van der Waals surface area contributed by atoms with E-state index in [1.165, 1.54) is 0 Å². The van der Waals surface area contributed by atoms with Gasteiger partial charge >= 0.3 is 0 Å². The van der Waals surface area contributed by atoms with Crippen molar-refractivity contribution in [2.75, 3.05) is 19.6 Å². The van der Waals surface area contributed by atoms with Crippen LogP contribution in [0.1, 0.15) is 45.4 Å². The summed E-state index contributed by atoms with van der Waals surface area (Å²) in [5.41, 5.74) is 0. The smallest absolute Gasteiger partial charge is 0.128 e. The molecule has 0 fully saturated rings. The van der Waals surface area contributed by atoms with Crippen LogP contribution in [-0.2, 0) is 0 Å². The molecular formula is C16H33N3O4. The molecule has 6 N–H and O–H groups in total. The Morgan fingerprint density at radius 1 is 0.913 bits per heavy atom. The lowest BCUT2D eigenvalue weighted by molar-refractivity contribution is -0.0420. The molecule has 1 rings (SSSR count). The summed E-state index contributed by atoms with van der Waals surface area (Å²) >= 11 is 0. The second-order valence-corrected chi connectivity index (χ2v) is 5.98. The van der Waals surface area contributed by atoms with Crippen LogP contribution in [0.2, 0.25) is 0 Å². The van der Waals surface area contributed by atoms with E-state index in [-0.39, 0.29) is 0 Å². The highest BCUT2D eigenvalue weighted by molar-refractivity contribution is 5.01. The zero-order chi connectivity index (χ0) is 17.1. The van der Waals surface area contributed by atoms with Crippen molar-refractivity contribution in [3.05, 3.63) is 12.2 Å². The summed E-state index contributed by atoms with van der Waals surface area (Å²) in [5, 5.41) is 44.6. The fourth-order valence-electron chi connectivity index (χ4n) is 2.66. The van der Waals surface area contributed by atoms with Crippen molar-refractivity contribution < 1.29 is 20.4 Å². The average Bonchev–Trinajstić information content (AvgIpc) is 2.83. The van der Waals surface area contributed by atoms with Crippen molar-refractivity contribution in [2.45, 2.75) is 70.4 Å². The number of hydrogen-bond donors (Lipinski definition) is 6. The van der Waals surface area contributed by atoms with E-state index < -0.39 is 24.9 Å². The second-order valence-electron chi connectivity index (χ2n) is 5.98. The molecule has 0 aromatic heterocycles. The van der Waals surface area contributed by atoms with Crippen LogP contribution in [0.15, 0.2) is 12.2 Å². The first kappa shape index (κ1) is 20.5. The fourth-order valence-corrected chi connectivity index (χ4v) is 2.66. The van der Waals surface area contributed by atoms with Gasteiger partial charge in [0.05, 0.1) is 0 Å². The van der Waals surface area contributed by atoms with Crippen LogP contribution in [-0.4, -0.2) is 69.9 Å². The van der Waals surface area contributed by atoms with Gasteiger partial charge in [0.25, 0.3) is 0 Å². The highest BCUT2D eigenvalue weighted by Gasteiger charge is 2.24. The summed E-state index contributed by atoms with van der Waals surface area (Å²) in [5.74, 6) is 0. The van der Waals surface area contributed by atoms with Crippen LogP contribution in [0.4, 0.5) is 0 Å². The van der Waals surface area contributed by atoms with Crippen LogP contribution < -0.4 is 10.6 Å². The van der Waals surface area contributed by atoms with E-state index in [0.717, 1.165) is 38.8 Å². The topological polar surface area (TPSA) is 108 Å². The fraction of sp³-hybridized carbons (Fsp3) is 0.875. The molecule has 0 saturated heterocycles. The highest BCUT2D eigenvalue weighted by atomic mass is 16.3. The lowest BCUT2D eigenvalue weighted by atomic mass is 10.1. The van der Waals surface area contributed by atoms with Gasteiger partial charge in [0.2, 0.25) is 0 Å². The number of nitrogens with one attached hydrogen (secondary N) is 2. The molecule has 0 aromatic rings. The maximum Gasteiger partial charge on any atom is 0.128 e. The lowest BCUT2D eigenvalue weighted by Gasteiger charge is -2.24. The lowest BCUT2D eigenvalue weighted by Crippen LogP contribution is -2.38. The van der Waals surface area contributed by atoms with Gasteiger partial charge in [-0.25, -0.2) is 4.90 Å². The standard InChI is InChI=1S/C16H33N3O4/c1-2-17-13(20)7-4-3-5-11-18-14(21)8-6-12-19-15(22)9-10-16(19)23/h9-10,13-18,20-23H,2-8,11-12H2,1H3. The largest absolute Gasteiger partial charge is 0.379 e. The predicted octanol–water partition coefficient (Wildman–Crippen LogP) is -0.328. The number of aliphatic hydroxyl groups is 4. The molecule has 0 aliphatic carbocycles. The third-order valence-electron chi connectivity index (χ3n) is 4.00. The molecule has 0 radical (unpaired) electrons. The summed E-state index contributed by atoms with van der Waals surface area (Å²) in [6, 6.07) is 0. The first-order chi connectivity index (χ1) is 11.0. The Morgan fingerprint density at radius 2 is 1.52 bits per heavy atom. The Bertz CT molecular complexity index is 318. The molecule has 0 bridgehead atoms. The van der Waals surface area contributed by atoms with E-state index in [9.17, 15) is 20.4 Å². The van der Waals surface area contributed by atoms with E-state index in [0.29, 0.717) is 19.4 Å². The van der Waals surface area contributed by atoms with Crippen molar-refractivity contribution in [3.8, 4) is 0 Å². The van der Waals surface area contributed by atoms with Crippen LogP contribution >= 0.6 is 0 Å². The Morgan fingerprint density at radius 3 is 2.17 bits per heavy atom. The first-order valence-corrected chi connectivity index (χ1v) is 8.67. The molecule has 0 spiro atoms. The van der Waals surface area contributed by atoms with Gasteiger partial charge in [0, 0.05) is 6.54 Å². The molecule has 136 valence electrons. The number of hydrogen-bond acceptors (Lipinski definition) is 7. The SMILES string of the molecule is CCNC(O)CCCCCNC(O)CCCN1C(O)C=CC1O. The number of rotatable bonds is 13. The maximum absolute atomic E-state index is 9.85. The molecule has 23 heavy (non-hydrogen) atoms. The van der Waals surface area contributed by atoms with E-state index in [4.69, 9.17) is 0 Å². The third-order valence-corrected chi connectivity index (χ3v) is 4.00. The van der Waals surface area contributed by atoms with Crippen LogP contribution in [0.3, 0.4) is 0 Å². The van der Waals surface area contributed by atoms with Crippen molar-refractivity contribution in [1.29, 1.82) is 0 Å². The molecule has 1 heterocycles. The normalized spacial score (nSPS) is 24.2. The zero-order valence-corrected chi connectivity index (χ0v) is 14.1. The molecule has 7 nitrogen and oxygen atoms in total. The molecule has 1 aliphatic rings. The Hall–Kier alpha value is -0.540. The molecule has 0 amide bonds. The highest BCUT2D eigenvalue weighted by Crippen LogP contribution is 2.13. The van der Waals surface area contributed by atoms with E-state index in [1.807, 2.05) is 6.92 Å². The number of aliphatic hydroxyl groups excluding tert-OH is 4. The molecular weight excluding hydrogens is 298 g/mol. The van der Waals surface area contributed by atoms with Crippen molar-refractivity contribution in [3.63, 3.8) is 0 Å². The second kappa shape index (κ2) is 11.9. The Balaban J connectivity index is 1.93. The minimum atomic E-state index is -0.729. The van der Waals surface area contributed by atoms with E-state index in [2.05, 4.69) is 10.6 Å². The monoisotopic (exact) mass is 331 g/mol. The summed E-state index contributed by atoms with van der Waals surface area (Å²) in [6.07, 6.45) is 5.65. The van der Waals surface area contributed by atoms with E-state index >= 15 is 0 Å². The first-order valence-electron chi connectivity index (χ1n) is 8.67. The molecule has 0 saturated carbocycles. The van der Waals surface area contributed by atoms with Gasteiger partial charge in [0.15, 0.2) is 0 Å². The van der Waals surface area contributed by atoms with Crippen LogP contribution in [0.5, 0.6) is 0 Å². The quantitative estimate of drug-likeness (QED) is 0.156. The van der Waals surface area contributed by atoms with Crippen molar-refractivity contribution in [2.24, 2.45) is 0 Å².